The smallest absolute Gasteiger partial charge is 0.309 e. The summed E-state index contributed by atoms with van der Waals surface area (Å²) < 4.78 is 52.6. The number of nitrogens with zero attached hydrogens (tertiary/aromatic N) is 5. The monoisotopic (exact) mass is 895 g/mol. The van der Waals surface area contributed by atoms with E-state index < -0.39 is 11.7 Å². The van der Waals surface area contributed by atoms with Crippen LogP contribution in [-0.2, 0) is 17.0 Å². The quantitative estimate of drug-likeness (QED) is 0.167. The van der Waals surface area contributed by atoms with Crippen molar-refractivity contribution in [1.29, 1.82) is 0 Å². The fraction of sp³-hybridized carbons (Fsp3) is 0.150. The predicted octanol–water partition coefficient (Wildman–Crippen LogP) is 16.3. The highest BCUT2D eigenvalue weighted by molar-refractivity contribution is 6.12. The molecule has 8 aromatic carbocycles. The minimum atomic E-state index is -4.74. The van der Waals surface area contributed by atoms with Gasteiger partial charge in [-0.2, -0.15) is 13.2 Å². The van der Waals surface area contributed by atoms with E-state index in [0.717, 1.165) is 65.9 Å². The van der Waals surface area contributed by atoms with Crippen LogP contribution in [0.15, 0.2) is 182 Å². The molecule has 0 aliphatic rings. The molecule has 0 saturated heterocycles. The lowest BCUT2D eigenvalue weighted by Gasteiger charge is -2.23. The Morgan fingerprint density at radius 2 is 0.809 bits per heavy atom. The number of aromatic nitrogens is 5. The largest absolute Gasteiger partial charge is 0.417 e. The molecule has 11 rings (SSSR count). The summed E-state index contributed by atoms with van der Waals surface area (Å²) in [5, 5.41) is 3.94. The van der Waals surface area contributed by atoms with Crippen LogP contribution in [0, 0.1) is 0 Å². The number of hydrogen-bond donors (Lipinski definition) is 0. The van der Waals surface area contributed by atoms with Crippen molar-refractivity contribution < 1.29 is 13.2 Å². The van der Waals surface area contributed by atoms with Crippen LogP contribution in [0.1, 0.15) is 58.2 Å². The molecule has 334 valence electrons. The Labute approximate surface area is 393 Å². The van der Waals surface area contributed by atoms with Crippen molar-refractivity contribution >= 4 is 43.6 Å². The van der Waals surface area contributed by atoms with E-state index >= 15 is 13.2 Å². The molecule has 0 atom stereocenters. The second kappa shape index (κ2) is 15.9. The van der Waals surface area contributed by atoms with E-state index in [9.17, 15) is 0 Å². The summed E-state index contributed by atoms with van der Waals surface area (Å²) in [6.07, 6.45) is -4.74. The molecule has 8 heteroatoms. The summed E-state index contributed by atoms with van der Waals surface area (Å²) >= 11 is 0. The van der Waals surface area contributed by atoms with Gasteiger partial charge in [0.05, 0.1) is 39.0 Å². The molecule has 0 N–H and O–H groups in total. The molecule has 0 amide bonds. The highest BCUT2D eigenvalue weighted by Crippen LogP contribution is 2.48. The standard InChI is InChI=1S/C60H48F3N5/c1-58(2,3)40-29-32-50-44(35-40)42-22-13-15-25-48(42)67(50)52-31-28-39(57-65-55(37-18-9-7-10-19-37)64-56(66-57)38-20-11-8-12-21-38)34-46(52)54-47(60(61,62)63)24-17-27-53(54)68-49-26-16-14-23-43(49)45-36-41(59(4,5)6)30-33-51(45)68/h7-36H,1-6H3. The van der Waals surface area contributed by atoms with Crippen LogP contribution in [-0.4, -0.2) is 24.1 Å². The molecule has 0 aliphatic carbocycles. The number of benzene rings is 8. The zero-order valence-corrected chi connectivity index (χ0v) is 38.7. The molecule has 0 bridgehead atoms. The van der Waals surface area contributed by atoms with Gasteiger partial charge in [-0.1, -0.05) is 157 Å². The zero-order chi connectivity index (χ0) is 47.1. The summed E-state index contributed by atoms with van der Waals surface area (Å²) in [4.78, 5) is 15.0. The fourth-order valence-corrected chi connectivity index (χ4v) is 9.65. The number of halogens is 3. The number of fused-ring (bicyclic) bond motifs is 6. The summed E-state index contributed by atoms with van der Waals surface area (Å²) in [6.45, 7) is 13.1. The lowest BCUT2D eigenvalue weighted by atomic mass is 9.86. The van der Waals surface area contributed by atoms with Gasteiger partial charge in [0.2, 0.25) is 0 Å². The van der Waals surface area contributed by atoms with E-state index in [1.54, 1.807) is 0 Å². The van der Waals surface area contributed by atoms with E-state index in [0.29, 0.717) is 40.0 Å². The van der Waals surface area contributed by atoms with E-state index in [2.05, 4.69) is 94.6 Å². The highest BCUT2D eigenvalue weighted by Gasteiger charge is 2.37. The maximum Gasteiger partial charge on any atom is 0.417 e. The van der Waals surface area contributed by atoms with Gasteiger partial charge in [-0.15, -0.1) is 0 Å². The average molecular weight is 896 g/mol. The third-order valence-corrected chi connectivity index (χ3v) is 13.1. The highest BCUT2D eigenvalue weighted by atomic mass is 19.4. The van der Waals surface area contributed by atoms with Gasteiger partial charge in [0.1, 0.15) is 0 Å². The Morgan fingerprint density at radius 1 is 0.368 bits per heavy atom. The Hall–Kier alpha value is -7.84. The third kappa shape index (κ3) is 7.32. The molecule has 3 heterocycles. The van der Waals surface area contributed by atoms with Crippen molar-refractivity contribution in [2.45, 2.75) is 58.5 Å². The summed E-state index contributed by atoms with van der Waals surface area (Å²) in [6, 6.07) is 58.5. The minimum absolute atomic E-state index is 0.0391. The van der Waals surface area contributed by atoms with Gasteiger partial charge in [-0.3, -0.25) is 0 Å². The first-order chi connectivity index (χ1) is 32.6. The lowest BCUT2D eigenvalue weighted by Crippen LogP contribution is -2.12. The molecule has 68 heavy (non-hydrogen) atoms. The third-order valence-electron chi connectivity index (χ3n) is 13.1. The first kappa shape index (κ1) is 42.8. The molecule has 5 nitrogen and oxygen atoms in total. The van der Waals surface area contributed by atoms with Crippen molar-refractivity contribution in [3.63, 3.8) is 0 Å². The van der Waals surface area contributed by atoms with Crippen molar-refractivity contribution in [2.24, 2.45) is 0 Å². The lowest BCUT2D eigenvalue weighted by molar-refractivity contribution is -0.137. The molecule has 0 saturated carbocycles. The SMILES string of the molecule is CC(C)(C)c1ccc2c(c1)c1ccccc1n2-c1ccc(-c2nc(-c3ccccc3)nc(-c3ccccc3)n2)cc1-c1c(-n2c3ccccc3c3cc(C(C)(C)C)ccc32)cccc1C(F)(F)F. The summed E-state index contributed by atoms with van der Waals surface area (Å²) in [5.74, 6) is 1.24. The molecular formula is C60H48F3N5. The van der Waals surface area contributed by atoms with Gasteiger partial charge in [-0.05, 0) is 88.7 Å². The first-order valence-corrected chi connectivity index (χ1v) is 22.9. The molecule has 0 fully saturated rings. The topological polar surface area (TPSA) is 48.5 Å². The van der Waals surface area contributed by atoms with E-state index in [4.69, 9.17) is 15.0 Å². The van der Waals surface area contributed by atoms with Crippen molar-refractivity contribution in [3.8, 4) is 56.7 Å². The number of alkyl halides is 3. The molecule has 0 spiro atoms. The molecule has 3 aromatic heterocycles. The summed E-state index contributed by atoms with van der Waals surface area (Å²) in [5.41, 5.74) is 8.11. The van der Waals surface area contributed by atoms with Crippen LogP contribution < -0.4 is 0 Å². The van der Waals surface area contributed by atoms with Crippen molar-refractivity contribution in [3.05, 3.63) is 199 Å². The van der Waals surface area contributed by atoms with Crippen LogP contribution in [0.2, 0.25) is 0 Å². The van der Waals surface area contributed by atoms with Crippen LogP contribution in [0.3, 0.4) is 0 Å². The van der Waals surface area contributed by atoms with Crippen LogP contribution in [0.25, 0.3) is 100 Å². The van der Waals surface area contributed by atoms with Crippen molar-refractivity contribution in [2.75, 3.05) is 0 Å². The van der Waals surface area contributed by atoms with Crippen LogP contribution >= 0.6 is 0 Å². The molecule has 0 radical (unpaired) electrons. The van der Waals surface area contributed by atoms with Gasteiger partial charge in [0.15, 0.2) is 17.5 Å². The van der Waals surface area contributed by atoms with Gasteiger partial charge < -0.3 is 9.13 Å². The minimum Gasteiger partial charge on any atom is -0.309 e. The second-order valence-corrected chi connectivity index (χ2v) is 19.6. The summed E-state index contributed by atoms with van der Waals surface area (Å²) in [7, 11) is 0. The Morgan fingerprint density at radius 3 is 1.29 bits per heavy atom. The Bertz CT molecular complexity index is 3680. The molecule has 0 aliphatic heterocycles. The van der Waals surface area contributed by atoms with E-state index in [-0.39, 0.29) is 16.4 Å². The zero-order valence-electron chi connectivity index (χ0n) is 38.7. The maximum atomic E-state index is 16.2. The Kier molecular flexibility index (Phi) is 10.0. The van der Waals surface area contributed by atoms with E-state index in [1.165, 1.54) is 12.1 Å². The number of hydrogen-bond acceptors (Lipinski definition) is 3. The maximum absolute atomic E-state index is 16.2. The second-order valence-electron chi connectivity index (χ2n) is 19.6. The first-order valence-electron chi connectivity index (χ1n) is 22.9. The number of rotatable bonds is 6. The van der Waals surface area contributed by atoms with E-state index in [1.807, 2.05) is 126 Å². The van der Waals surface area contributed by atoms with Gasteiger partial charge >= 0.3 is 6.18 Å². The average Bonchev–Trinajstić information content (AvgIpc) is 3.85. The van der Waals surface area contributed by atoms with Crippen LogP contribution in [0.5, 0.6) is 0 Å². The molecule has 11 aromatic rings. The predicted molar refractivity (Wildman–Crippen MR) is 273 cm³/mol. The molecule has 0 unspecified atom stereocenters. The van der Waals surface area contributed by atoms with Gasteiger partial charge in [-0.25, -0.2) is 15.0 Å². The van der Waals surface area contributed by atoms with Gasteiger partial charge in [0.25, 0.3) is 0 Å². The van der Waals surface area contributed by atoms with Crippen molar-refractivity contribution in [1.82, 2.24) is 24.1 Å². The molecular weight excluding hydrogens is 848 g/mol. The van der Waals surface area contributed by atoms with Crippen LogP contribution in [0.4, 0.5) is 13.2 Å². The number of para-hydroxylation sites is 2. The van der Waals surface area contributed by atoms with Gasteiger partial charge in [0, 0.05) is 49.4 Å². The normalized spacial score (nSPS) is 12.5. The Balaban J connectivity index is 1.28. The fourth-order valence-electron chi connectivity index (χ4n) is 9.65.